The smallest absolute Gasteiger partial charge is 0.231 e. The number of ether oxygens (including phenoxy) is 3. The molecule has 0 aromatic heterocycles. The molecule has 112 valence electrons. The number of nitrogens with one attached hydrogen (secondary N) is 1. The molecule has 1 aromatic carbocycles. The first-order chi connectivity index (χ1) is 9.85. The third kappa shape index (κ3) is 4.04. The number of fused-ring (bicyclic) bond motifs is 1. The van der Waals surface area contributed by atoms with Crippen LogP contribution in [0.1, 0.15) is 45.1 Å². The van der Waals surface area contributed by atoms with Crippen LogP contribution >= 0.6 is 0 Å². The zero-order valence-corrected chi connectivity index (χ0v) is 12.5. The molecule has 1 N–H and O–H groups in total. The second-order valence-electron chi connectivity index (χ2n) is 5.05. The van der Waals surface area contributed by atoms with E-state index >= 15 is 0 Å². The summed E-state index contributed by atoms with van der Waals surface area (Å²) in [6.07, 6.45) is 4.62. The van der Waals surface area contributed by atoms with Crippen LogP contribution in [-0.4, -0.2) is 19.9 Å². The summed E-state index contributed by atoms with van der Waals surface area (Å²) in [6.45, 7) is 7.22. The van der Waals surface area contributed by atoms with Crippen molar-refractivity contribution in [3.05, 3.63) is 17.7 Å². The highest BCUT2D eigenvalue weighted by Gasteiger charge is 2.17. The van der Waals surface area contributed by atoms with Crippen molar-refractivity contribution >= 4 is 0 Å². The van der Waals surface area contributed by atoms with Gasteiger partial charge >= 0.3 is 0 Å². The van der Waals surface area contributed by atoms with Crippen LogP contribution in [0.2, 0.25) is 0 Å². The van der Waals surface area contributed by atoms with E-state index in [9.17, 15) is 0 Å². The van der Waals surface area contributed by atoms with Gasteiger partial charge in [0.05, 0.1) is 6.61 Å². The largest absolute Gasteiger partial charge is 0.493 e. The van der Waals surface area contributed by atoms with Crippen LogP contribution in [0.3, 0.4) is 0 Å². The summed E-state index contributed by atoms with van der Waals surface area (Å²) < 4.78 is 16.8. The van der Waals surface area contributed by atoms with E-state index in [-0.39, 0.29) is 0 Å². The molecule has 0 radical (unpaired) electrons. The molecule has 0 unspecified atom stereocenters. The molecule has 1 heterocycles. The average molecular weight is 279 g/mol. The lowest BCUT2D eigenvalue weighted by atomic mass is 10.1. The van der Waals surface area contributed by atoms with Crippen LogP contribution in [0.15, 0.2) is 12.1 Å². The lowest BCUT2D eigenvalue weighted by Crippen LogP contribution is -2.15. The van der Waals surface area contributed by atoms with Crippen molar-refractivity contribution in [2.75, 3.05) is 19.9 Å². The summed E-state index contributed by atoms with van der Waals surface area (Å²) >= 11 is 0. The van der Waals surface area contributed by atoms with Gasteiger partial charge < -0.3 is 19.5 Å². The van der Waals surface area contributed by atoms with E-state index in [1.807, 2.05) is 12.1 Å². The van der Waals surface area contributed by atoms with Crippen molar-refractivity contribution in [1.29, 1.82) is 0 Å². The summed E-state index contributed by atoms with van der Waals surface area (Å²) in [7, 11) is 0. The van der Waals surface area contributed by atoms with Gasteiger partial charge in [0.2, 0.25) is 6.79 Å². The van der Waals surface area contributed by atoms with Gasteiger partial charge in [0.15, 0.2) is 11.5 Å². The van der Waals surface area contributed by atoms with E-state index in [2.05, 4.69) is 19.2 Å². The molecule has 0 amide bonds. The topological polar surface area (TPSA) is 39.7 Å². The lowest BCUT2D eigenvalue weighted by molar-refractivity contribution is 0.173. The predicted octanol–water partition coefficient (Wildman–Crippen LogP) is 3.48. The molecule has 0 aliphatic carbocycles. The fourth-order valence-corrected chi connectivity index (χ4v) is 2.17. The maximum atomic E-state index is 5.92. The van der Waals surface area contributed by atoms with E-state index in [0.29, 0.717) is 6.79 Å². The summed E-state index contributed by atoms with van der Waals surface area (Å²) in [6, 6.07) is 3.98. The highest BCUT2D eigenvalue weighted by molar-refractivity contribution is 5.51. The second kappa shape index (κ2) is 8.00. The van der Waals surface area contributed by atoms with Crippen LogP contribution in [0.4, 0.5) is 0 Å². The third-order valence-corrected chi connectivity index (χ3v) is 3.30. The first kappa shape index (κ1) is 15.0. The standard InChI is InChI=1S/C16H25NO3/c1-3-5-6-8-18-14-10-16-15(19-12-20-16)9-13(14)11-17-7-4-2/h9-10,17H,3-8,11-12H2,1-2H3. The lowest BCUT2D eigenvalue weighted by Gasteiger charge is -2.13. The normalized spacial score (nSPS) is 12.7. The van der Waals surface area contributed by atoms with Crippen molar-refractivity contribution in [3.63, 3.8) is 0 Å². The summed E-state index contributed by atoms with van der Waals surface area (Å²) in [5, 5.41) is 3.41. The Hall–Kier alpha value is -1.42. The Labute approximate surface area is 121 Å². The van der Waals surface area contributed by atoms with Gasteiger partial charge in [-0.3, -0.25) is 0 Å². The van der Waals surface area contributed by atoms with Gasteiger partial charge in [-0.05, 0) is 25.5 Å². The number of hydrogen-bond donors (Lipinski definition) is 1. The van der Waals surface area contributed by atoms with Gasteiger partial charge in [-0.15, -0.1) is 0 Å². The van der Waals surface area contributed by atoms with E-state index in [1.54, 1.807) is 0 Å². The van der Waals surface area contributed by atoms with Crippen LogP contribution in [0.5, 0.6) is 17.2 Å². The van der Waals surface area contributed by atoms with E-state index in [1.165, 1.54) is 12.8 Å². The zero-order chi connectivity index (χ0) is 14.2. The van der Waals surface area contributed by atoms with Gasteiger partial charge in [0.25, 0.3) is 0 Å². The third-order valence-electron chi connectivity index (χ3n) is 3.30. The fraction of sp³-hybridized carbons (Fsp3) is 0.625. The Bertz CT molecular complexity index is 420. The molecule has 1 aromatic rings. The molecule has 1 aliphatic rings. The average Bonchev–Trinajstić information content (AvgIpc) is 2.91. The molecule has 0 atom stereocenters. The highest BCUT2D eigenvalue weighted by Crippen LogP contribution is 2.38. The SMILES string of the molecule is CCCCCOc1cc2c(cc1CNCCC)OCO2. The molecule has 1 aliphatic heterocycles. The first-order valence-corrected chi connectivity index (χ1v) is 7.61. The summed E-state index contributed by atoms with van der Waals surface area (Å²) in [5.41, 5.74) is 1.14. The van der Waals surface area contributed by atoms with Crippen molar-refractivity contribution in [1.82, 2.24) is 5.32 Å². The Morgan fingerprint density at radius 2 is 1.90 bits per heavy atom. The Morgan fingerprint density at radius 1 is 1.10 bits per heavy atom. The Kier molecular flexibility index (Phi) is 5.99. The monoisotopic (exact) mass is 279 g/mol. The van der Waals surface area contributed by atoms with E-state index in [0.717, 1.165) is 55.4 Å². The van der Waals surface area contributed by atoms with Gasteiger partial charge in [-0.2, -0.15) is 0 Å². The molecule has 4 heteroatoms. The maximum Gasteiger partial charge on any atom is 0.231 e. The summed E-state index contributed by atoms with van der Waals surface area (Å²) in [4.78, 5) is 0. The maximum absolute atomic E-state index is 5.92. The summed E-state index contributed by atoms with van der Waals surface area (Å²) in [5.74, 6) is 2.52. The van der Waals surface area contributed by atoms with Gasteiger partial charge in [-0.1, -0.05) is 26.7 Å². The molecule has 20 heavy (non-hydrogen) atoms. The minimum Gasteiger partial charge on any atom is -0.493 e. The van der Waals surface area contributed by atoms with Crippen LogP contribution in [0.25, 0.3) is 0 Å². The van der Waals surface area contributed by atoms with E-state index in [4.69, 9.17) is 14.2 Å². The van der Waals surface area contributed by atoms with Gasteiger partial charge in [0.1, 0.15) is 5.75 Å². The number of hydrogen-bond acceptors (Lipinski definition) is 4. The number of unbranched alkanes of at least 4 members (excludes halogenated alkanes) is 2. The van der Waals surface area contributed by atoms with Gasteiger partial charge in [0, 0.05) is 18.2 Å². The molecule has 2 rings (SSSR count). The van der Waals surface area contributed by atoms with Crippen molar-refractivity contribution in [2.24, 2.45) is 0 Å². The zero-order valence-electron chi connectivity index (χ0n) is 12.5. The van der Waals surface area contributed by atoms with Crippen molar-refractivity contribution in [2.45, 2.75) is 46.1 Å². The Balaban J connectivity index is 2.01. The van der Waals surface area contributed by atoms with Crippen molar-refractivity contribution in [3.8, 4) is 17.2 Å². The van der Waals surface area contributed by atoms with Crippen LogP contribution < -0.4 is 19.5 Å². The van der Waals surface area contributed by atoms with Crippen LogP contribution in [-0.2, 0) is 6.54 Å². The Morgan fingerprint density at radius 3 is 2.65 bits per heavy atom. The highest BCUT2D eigenvalue weighted by atomic mass is 16.7. The quantitative estimate of drug-likeness (QED) is 0.702. The molecule has 0 bridgehead atoms. The minimum atomic E-state index is 0.302. The van der Waals surface area contributed by atoms with Crippen molar-refractivity contribution < 1.29 is 14.2 Å². The van der Waals surface area contributed by atoms with Crippen LogP contribution in [0, 0.1) is 0 Å². The second-order valence-corrected chi connectivity index (χ2v) is 5.05. The molecular weight excluding hydrogens is 254 g/mol. The minimum absolute atomic E-state index is 0.302. The predicted molar refractivity (Wildman–Crippen MR) is 79.6 cm³/mol. The molecule has 0 spiro atoms. The molecule has 0 fully saturated rings. The molecule has 0 saturated carbocycles. The molecule has 4 nitrogen and oxygen atoms in total. The number of rotatable bonds is 9. The fourth-order valence-electron chi connectivity index (χ4n) is 2.17. The molecular formula is C16H25NO3. The van der Waals surface area contributed by atoms with E-state index < -0.39 is 0 Å². The first-order valence-electron chi connectivity index (χ1n) is 7.61. The van der Waals surface area contributed by atoms with Gasteiger partial charge in [-0.25, -0.2) is 0 Å². The molecule has 0 saturated heterocycles. The number of benzene rings is 1.